The van der Waals surface area contributed by atoms with Gasteiger partial charge in [0.2, 0.25) is 11.8 Å². The van der Waals surface area contributed by atoms with E-state index in [4.69, 9.17) is 5.11 Å². The van der Waals surface area contributed by atoms with Gasteiger partial charge in [-0.05, 0) is 25.3 Å². The molecule has 0 unspecified atom stereocenters. The van der Waals surface area contributed by atoms with Gasteiger partial charge in [-0.1, -0.05) is 12.1 Å². The average molecular weight is 352 g/mol. The Labute approximate surface area is 145 Å². The minimum atomic E-state index is -0.918. The smallest absolute Gasteiger partial charge is 0.230 e. The fourth-order valence-electron chi connectivity index (χ4n) is 3.90. The van der Waals surface area contributed by atoms with Crippen LogP contribution in [0.1, 0.15) is 31.2 Å². The molecule has 1 aromatic carbocycles. The molecular formula is C18H22F2N2O3. The number of carbonyl (C=O) groups excluding carboxylic acids is 2. The molecule has 0 aliphatic carbocycles. The molecule has 0 aromatic heterocycles. The molecular weight excluding hydrogens is 330 g/mol. The Morgan fingerprint density at radius 3 is 2.80 bits per heavy atom. The Morgan fingerprint density at radius 1 is 1.24 bits per heavy atom. The second-order valence-electron chi connectivity index (χ2n) is 6.86. The van der Waals surface area contributed by atoms with Gasteiger partial charge in [0.25, 0.3) is 0 Å². The molecule has 2 aliphatic rings. The number of carbonyl (C=O) groups is 2. The lowest BCUT2D eigenvalue weighted by Gasteiger charge is -2.39. The number of amides is 2. The zero-order valence-corrected chi connectivity index (χ0v) is 14.0. The Balaban J connectivity index is 1.73. The first-order valence-corrected chi connectivity index (χ1v) is 8.58. The standard InChI is InChI=1S/C18H22F2N2O3/c19-14-4-1-3-13(16(14)20)11-21-8-2-6-18(17(21)25)7-9-22(12-18)15(24)5-10-23/h1,3-4,23H,2,5-12H2/t18-/m1/s1. The molecule has 2 amide bonds. The van der Waals surface area contributed by atoms with E-state index in [0.717, 1.165) is 12.5 Å². The van der Waals surface area contributed by atoms with Crippen molar-refractivity contribution in [3.05, 3.63) is 35.4 Å². The summed E-state index contributed by atoms with van der Waals surface area (Å²) in [6.45, 7) is 1.16. The molecule has 1 spiro atoms. The molecule has 5 nitrogen and oxygen atoms in total. The van der Waals surface area contributed by atoms with E-state index in [9.17, 15) is 18.4 Å². The lowest BCUT2D eigenvalue weighted by Crippen LogP contribution is -2.50. The van der Waals surface area contributed by atoms with Crippen molar-refractivity contribution < 1.29 is 23.5 Å². The lowest BCUT2D eigenvalue weighted by molar-refractivity contribution is -0.147. The van der Waals surface area contributed by atoms with Crippen molar-refractivity contribution in [2.45, 2.75) is 32.2 Å². The van der Waals surface area contributed by atoms with Crippen molar-refractivity contribution in [2.75, 3.05) is 26.2 Å². The van der Waals surface area contributed by atoms with E-state index in [2.05, 4.69) is 0 Å². The first kappa shape index (κ1) is 17.8. The van der Waals surface area contributed by atoms with Gasteiger partial charge < -0.3 is 14.9 Å². The van der Waals surface area contributed by atoms with Crippen LogP contribution in [0.25, 0.3) is 0 Å². The summed E-state index contributed by atoms with van der Waals surface area (Å²) in [5, 5.41) is 8.92. The summed E-state index contributed by atoms with van der Waals surface area (Å²) in [5.74, 6) is -2.08. The van der Waals surface area contributed by atoms with Gasteiger partial charge in [0.05, 0.1) is 12.0 Å². The summed E-state index contributed by atoms with van der Waals surface area (Å²) in [4.78, 5) is 28.2. The number of aliphatic hydroxyl groups excluding tert-OH is 1. The third-order valence-corrected chi connectivity index (χ3v) is 5.25. The molecule has 0 bridgehead atoms. The van der Waals surface area contributed by atoms with Crippen molar-refractivity contribution in [1.82, 2.24) is 9.80 Å². The van der Waals surface area contributed by atoms with E-state index in [1.807, 2.05) is 0 Å². The largest absolute Gasteiger partial charge is 0.396 e. The van der Waals surface area contributed by atoms with Crippen LogP contribution in [0.3, 0.4) is 0 Å². The van der Waals surface area contributed by atoms with Gasteiger partial charge in [0.15, 0.2) is 11.6 Å². The van der Waals surface area contributed by atoms with E-state index in [0.29, 0.717) is 32.5 Å². The molecule has 0 saturated carbocycles. The van der Waals surface area contributed by atoms with E-state index >= 15 is 0 Å². The number of halogens is 2. The number of hydrogen-bond donors (Lipinski definition) is 1. The second kappa shape index (κ2) is 7.07. The van der Waals surface area contributed by atoms with Gasteiger partial charge in [0.1, 0.15) is 0 Å². The fourth-order valence-corrected chi connectivity index (χ4v) is 3.90. The topological polar surface area (TPSA) is 60.9 Å². The molecule has 1 N–H and O–H groups in total. The minimum absolute atomic E-state index is 0.0365. The fraction of sp³-hybridized carbons (Fsp3) is 0.556. The van der Waals surface area contributed by atoms with Gasteiger partial charge in [-0.25, -0.2) is 8.78 Å². The molecule has 3 rings (SSSR count). The highest BCUT2D eigenvalue weighted by atomic mass is 19.2. The van der Waals surface area contributed by atoms with Crippen molar-refractivity contribution in [3.63, 3.8) is 0 Å². The van der Waals surface area contributed by atoms with Gasteiger partial charge in [-0.3, -0.25) is 9.59 Å². The molecule has 136 valence electrons. The number of piperidine rings is 1. The van der Waals surface area contributed by atoms with Crippen molar-refractivity contribution >= 4 is 11.8 Å². The van der Waals surface area contributed by atoms with Crippen molar-refractivity contribution in [3.8, 4) is 0 Å². The lowest BCUT2D eigenvalue weighted by atomic mass is 9.78. The van der Waals surface area contributed by atoms with Crippen LogP contribution in [-0.4, -0.2) is 53.0 Å². The van der Waals surface area contributed by atoms with Crippen LogP contribution in [0.2, 0.25) is 0 Å². The highest BCUT2D eigenvalue weighted by molar-refractivity contribution is 5.86. The van der Waals surface area contributed by atoms with Gasteiger partial charge in [0, 0.05) is 38.2 Å². The van der Waals surface area contributed by atoms with Crippen LogP contribution in [0, 0.1) is 17.0 Å². The maximum absolute atomic E-state index is 13.9. The number of likely N-dealkylation sites (tertiary alicyclic amines) is 2. The Kier molecular flexibility index (Phi) is 5.03. The first-order valence-electron chi connectivity index (χ1n) is 8.58. The maximum atomic E-state index is 13.9. The van der Waals surface area contributed by atoms with Crippen LogP contribution >= 0.6 is 0 Å². The minimum Gasteiger partial charge on any atom is -0.396 e. The Morgan fingerprint density at radius 2 is 2.04 bits per heavy atom. The summed E-state index contributed by atoms with van der Waals surface area (Å²) >= 11 is 0. The maximum Gasteiger partial charge on any atom is 0.230 e. The van der Waals surface area contributed by atoms with Gasteiger partial charge in [-0.15, -0.1) is 0 Å². The third-order valence-electron chi connectivity index (χ3n) is 5.25. The Hall–Kier alpha value is -2.02. The van der Waals surface area contributed by atoms with E-state index in [-0.39, 0.29) is 37.0 Å². The summed E-state index contributed by atoms with van der Waals surface area (Å²) in [6.07, 6.45) is 2.09. The number of nitrogens with zero attached hydrogens (tertiary/aromatic N) is 2. The van der Waals surface area contributed by atoms with Crippen LogP contribution in [0.5, 0.6) is 0 Å². The highest BCUT2D eigenvalue weighted by Crippen LogP contribution is 2.40. The normalized spacial score (nSPS) is 23.6. The van der Waals surface area contributed by atoms with E-state index < -0.39 is 17.0 Å². The van der Waals surface area contributed by atoms with Crippen molar-refractivity contribution in [2.24, 2.45) is 5.41 Å². The van der Waals surface area contributed by atoms with Crippen LogP contribution in [0.15, 0.2) is 18.2 Å². The zero-order chi connectivity index (χ0) is 18.0. The molecule has 2 aliphatic heterocycles. The molecule has 1 atom stereocenters. The number of aliphatic hydroxyl groups is 1. The van der Waals surface area contributed by atoms with Gasteiger partial charge in [-0.2, -0.15) is 0 Å². The number of rotatable bonds is 4. The summed E-state index contributed by atoms with van der Waals surface area (Å²) in [6, 6.07) is 3.97. The molecule has 2 fully saturated rings. The van der Waals surface area contributed by atoms with Crippen LogP contribution in [0.4, 0.5) is 8.78 Å². The molecule has 2 heterocycles. The third kappa shape index (κ3) is 3.38. The predicted molar refractivity (Wildman–Crippen MR) is 86.3 cm³/mol. The Bertz CT molecular complexity index is 682. The van der Waals surface area contributed by atoms with Crippen molar-refractivity contribution in [1.29, 1.82) is 0 Å². The SMILES string of the molecule is O=C(CCO)N1CC[C@]2(CCCN(Cc3cccc(F)c3F)C2=O)C1. The highest BCUT2D eigenvalue weighted by Gasteiger charge is 2.49. The quantitative estimate of drug-likeness (QED) is 0.897. The summed E-state index contributed by atoms with van der Waals surface area (Å²) in [7, 11) is 0. The average Bonchev–Trinajstić information content (AvgIpc) is 3.02. The summed E-state index contributed by atoms with van der Waals surface area (Å²) < 4.78 is 27.3. The molecule has 2 saturated heterocycles. The number of benzene rings is 1. The first-order chi connectivity index (χ1) is 12.0. The monoisotopic (exact) mass is 352 g/mol. The number of hydrogen-bond acceptors (Lipinski definition) is 3. The molecule has 1 aromatic rings. The van der Waals surface area contributed by atoms with Gasteiger partial charge >= 0.3 is 0 Å². The molecule has 7 heteroatoms. The second-order valence-corrected chi connectivity index (χ2v) is 6.86. The molecule has 0 radical (unpaired) electrons. The zero-order valence-electron chi connectivity index (χ0n) is 14.0. The van der Waals surface area contributed by atoms with Crippen LogP contribution in [-0.2, 0) is 16.1 Å². The molecule has 25 heavy (non-hydrogen) atoms. The summed E-state index contributed by atoms with van der Waals surface area (Å²) in [5.41, 5.74) is -0.468. The predicted octanol–water partition coefficient (Wildman–Crippen LogP) is 1.69. The van der Waals surface area contributed by atoms with E-state index in [1.54, 1.807) is 9.80 Å². The van der Waals surface area contributed by atoms with Crippen LogP contribution < -0.4 is 0 Å². The van der Waals surface area contributed by atoms with E-state index in [1.165, 1.54) is 12.1 Å².